The number of benzene rings is 1. The number of carboxylic acid groups (broad SMARTS) is 1. The van der Waals surface area contributed by atoms with Gasteiger partial charge in [-0.15, -0.1) is 0 Å². The molecule has 1 aromatic carbocycles. The van der Waals surface area contributed by atoms with Crippen LogP contribution in [-0.2, 0) is 0 Å². The van der Waals surface area contributed by atoms with Crippen molar-refractivity contribution in [3.05, 3.63) is 47.9 Å². The topological polar surface area (TPSA) is 59.4 Å². The lowest BCUT2D eigenvalue weighted by Crippen LogP contribution is -2.00. The number of ether oxygens (including phenoxy) is 1. The third kappa shape index (κ3) is 2.70. The number of rotatable bonds is 4. The summed E-state index contributed by atoms with van der Waals surface area (Å²) in [5.41, 5.74) is 0.842. The van der Waals surface area contributed by atoms with Crippen molar-refractivity contribution >= 4 is 5.97 Å². The highest BCUT2D eigenvalue weighted by atomic mass is 19.1. The molecule has 1 heterocycles. The molecule has 0 aliphatic rings. The third-order valence-electron chi connectivity index (χ3n) is 2.56. The average Bonchev–Trinajstić information content (AvgIpc) is 2.41. The molecule has 0 unspecified atom stereocenters. The Labute approximate surface area is 109 Å². The first kappa shape index (κ1) is 13.0. The zero-order valence-electron chi connectivity index (χ0n) is 10.3. The van der Waals surface area contributed by atoms with Crippen LogP contribution in [0.3, 0.4) is 0 Å². The number of aromatic nitrogens is 1. The van der Waals surface area contributed by atoms with Crippen LogP contribution in [0.1, 0.15) is 17.3 Å². The second-order valence-electron chi connectivity index (χ2n) is 3.80. The normalized spacial score (nSPS) is 10.2. The highest BCUT2D eigenvalue weighted by Gasteiger charge is 2.13. The van der Waals surface area contributed by atoms with Crippen molar-refractivity contribution in [2.75, 3.05) is 6.61 Å². The van der Waals surface area contributed by atoms with Crippen LogP contribution in [0, 0.1) is 5.82 Å². The number of hydrogen-bond donors (Lipinski definition) is 1. The van der Waals surface area contributed by atoms with Crippen LogP contribution >= 0.6 is 0 Å². The molecular formula is C14H12FNO3. The molecule has 0 spiro atoms. The summed E-state index contributed by atoms with van der Waals surface area (Å²) in [6.07, 6.45) is 1.43. The largest absolute Gasteiger partial charge is 0.478 e. The zero-order valence-corrected chi connectivity index (χ0v) is 10.3. The first-order chi connectivity index (χ1) is 9.13. The molecule has 0 aliphatic carbocycles. The van der Waals surface area contributed by atoms with E-state index in [1.807, 2.05) is 0 Å². The fourth-order valence-corrected chi connectivity index (χ4v) is 1.70. The molecule has 0 atom stereocenters. The second-order valence-corrected chi connectivity index (χ2v) is 3.80. The van der Waals surface area contributed by atoms with Crippen LogP contribution in [0.15, 0.2) is 36.5 Å². The van der Waals surface area contributed by atoms with Gasteiger partial charge < -0.3 is 9.84 Å². The maximum atomic E-state index is 14.1. The minimum absolute atomic E-state index is 0.0827. The summed E-state index contributed by atoms with van der Waals surface area (Å²) >= 11 is 0. The monoisotopic (exact) mass is 261 g/mol. The van der Waals surface area contributed by atoms with Gasteiger partial charge in [0.15, 0.2) is 5.82 Å². The number of nitrogens with zero attached hydrogens (tertiary/aromatic N) is 1. The summed E-state index contributed by atoms with van der Waals surface area (Å²) in [5.74, 6) is -1.73. The Balaban J connectivity index is 2.49. The molecule has 0 bridgehead atoms. The van der Waals surface area contributed by atoms with Gasteiger partial charge >= 0.3 is 5.97 Å². The van der Waals surface area contributed by atoms with Gasteiger partial charge in [-0.1, -0.05) is 12.1 Å². The number of halogens is 1. The van der Waals surface area contributed by atoms with Crippen LogP contribution in [0.5, 0.6) is 5.88 Å². The Hall–Kier alpha value is -2.43. The van der Waals surface area contributed by atoms with Crippen molar-refractivity contribution in [2.24, 2.45) is 0 Å². The van der Waals surface area contributed by atoms with Crippen LogP contribution < -0.4 is 4.74 Å². The molecular weight excluding hydrogens is 249 g/mol. The van der Waals surface area contributed by atoms with Crippen molar-refractivity contribution in [2.45, 2.75) is 6.92 Å². The summed E-state index contributed by atoms with van der Waals surface area (Å²) in [6.45, 7) is 2.04. The molecule has 0 saturated carbocycles. The minimum Gasteiger partial charge on any atom is -0.478 e. The number of hydrogen-bond acceptors (Lipinski definition) is 3. The lowest BCUT2D eigenvalue weighted by atomic mass is 10.0. The highest BCUT2D eigenvalue weighted by Crippen LogP contribution is 2.27. The lowest BCUT2D eigenvalue weighted by Gasteiger charge is -2.08. The molecule has 19 heavy (non-hydrogen) atoms. The minimum atomic E-state index is -1.05. The Bertz CT molecular complexity index is 613. The van der Waals surface area contributed by atoms with E-state index in [0.29, 0.717) is 12.2 Å². The molecule has 0 amide bonds. The maximum absolute atomic E-state index is 14.1. The molecule has 98 valence electrons. The van der Waals surface area contributed by atoms with E-state index >= 15 is 0 Å². The molecule has 5 heteroatoms. The molecule has 0 fully saturated rings. The highest BCUT2D eigenvalue weighted by molar-refractivity contribution is 5.89. The van der Waals surface area contributed by atoms with Gasteiger partial charge in [0.25, 0.3) is 5.88 Å². The smallest absolute Gasteiger partial charge is 0.335 e. The van der Waals surface area contributed by atoms with Crippen molar-refractivity contribution in [3.8, 4) is 17.0 Å². The lowest BCUT2D eigenvalue weighted by molar-refractivity contribution is 0.0697. The molecule has 1 N–H and O–H groups in total. The number of aromatic carboxylic acids is 1. The predicted molar refractivity (Wildman–Crippen MR) is 67.8 cm³/mol. The molecule has 0 saturated heterocycles. The second kappa shape index (κ2) is 5.48. The first-order valence-electron chi connectivity index (χ1n) is 5.74. The number of pyridine rings is 1. The Kier molecular flexibility index (Phi) is 3.75. The van der Waals surface area contributed by atoms with E-state index in [1.54, 1.807) is 19.1 Å². The van der Waals surface area contributed by atoms with Crippen molar-refractivity contribution in [1.29, 1.82) is 0 Å². The van der Waals surface area contributed by atoms with E-state index in [1.165, 1.54) is 24.4 Å². The third-order valence-corrected chi connectivity index (χ3v) is 2.56. The van der Waals surface area contributed by atoms with Gasteiger partial charge in [0, 0.05) is 11.8 Å². The van der Waals surface area contributed by atoms with Gasteiger partial charge in [0.1, 0.15) is 0 Å². The fraction of sp³-hybridized carbons (Fsp3) is 0.143. The predicted octanol–water partition coefficient (Wildman–Crippen LogP) is 2.98. The summed E-state index contributed by atoms with van der Waals surface area (Å²) in [7, 11) is 0. The Morgan fingerprint density at radius 1 is 1.42 bits per heavy atom. The van der Waals surface area contributed by atoms with E-state index in [-0.39, 0.29) is 17.0 Å². The molecule has 0 radical (unpaired) electrons. The Morgan fingerprint density at radius 3 is 2.89 bits per heavy atom. The standard InChI is InChI=1S/C14H12FNO3/c1-2-19-13-12(15)11(6-7-16-13)9-4-3-5-10(8-9)14(17)18/h3-8H,2H2,1H3,(H,17,18). The van der Waals surface area contributed by atoms with Gasteiger partial charge in [-0.2, -0.15) is 0 Å². The van der Waals surface area contributed by atoms with Crippen LogP contribution in [0.4, 0.5) is 4.39 Å². The van der Waals surface area contributed by atoms with E-state index in [9.17, 15) is 9.18 Å². The van der Waals surface area contributed by atoms with E-state index in [2.05, 4.69) is 4.98 Å². The SMILES string of the molecule is CCOc1nccc(-c2cccc(C(=O)O)c2)c1F. The molecule has 2 rings (SSSR count). The van der Waals surface area contributed by atoms with Gasteiger partial charge in [-0.25, -0.2) is 14.2 Å². The van der Waals surface area contributed by atoms with Crippen molar-refractivity contribution < 1.29 is 19.0 Å². The van der Waals surface area contributed by atoms with E-state index < -0.39 is 11.8 Å². The summed E-state index contributed by atoms with van der Waals surface area (Å²) < 4.78 is 19.2. The molecule has 1 aromatic heterocycles. The zero-order chi connectivity index (χ0) is 13.8. The summed E-state index contributed by atoms with van der Waals surface area (Å²) in [5, 5.41) is 8.93. The van der Waals surface area contributed by atoms with Crippen LogP contribution in [0.25, 0.3) is 11.1 Å². The van der Waals surface area contributed by atoms with Crippen molar-refractivity contribution in [1.82, 2.24) is 4.98 Å². The summed E-state index contributed by atoms with van der Waals surface area (Å²) in [4.78, 5) is 14.7. The van der Waals surface area contributed by atoms with Gasteiger partial charge in [-0.05, 0) is 30.7 Å². The fourth-order valence-electron chi connectivity index (χ4n) is 1.70. The maximum Gasteiger partial charge on any atom is 0.335 e. The van der Waals surface area contributed by atoms with Crippen molar-refractivity contribution in [3.63, 3.8) is 0 Å². The molecule has 0 aliphatic heterocycles. The summed E-state index contributed by atoms with van der Waals surface area (Å²) in [6, 6.07) is 7.56. The average molecular weight is 261 g/mol. The molecule has 4 nitrogen and oxygen atoms in total. The van der Waals surface area contributed by atoms with Crippen LogP contribution in [0.2, 0.25) is 0 Å². The molecule has 2 aromatic rings. The van der Waals surface area contributed by atoms with Gasteiger partial charge in [0.2, 0.25) is 0 Å². The van der Waals surface area contributed by atoms with Crippen LogP contribution in [-0.4, -0.2) is 22.7 Å². The van der Waals surface area contributed by atoms with E-state index in [0.717, 1.165) is 0 Å². The quantitative estimate of drug-likeness (QED) is 0.919. The van der Waals surface area contributed by atoms with E-state index in [4.69, 9.17) is 9.84 Å². The number of carboxylic acids is 1. The Morgan fingerprint density at radius 2 is 2.21 bits per heavy atom. The van der Waals surface area contributed by atoms with Gasteiger partial charge in [-0.3, -0.25) is 0 Å². The first-order valence-corrected chi connectivity index (χ1v) is 5.74. The number of carbonyl (C=O) groups is 1. The van der Waals surface area contributed by atoms with Gasteiger partial charge in [0.05, 0.1) is 12.2 Å².